The molecule has 7 nitrogen and oxygen atoms in total. The van der Waals surface area contributed by atoms with Crippen LogP contribution >= 0.6 is 0 Å². The second-order valence-electron chi connectivity index (χ2n) is 6.97. The lowest BCUT2D eigenvalue weighted by molar-refractivity contribution is -0.133. The molecule has 0 bridgehead atoms. The molecular weight excluding hydrogens is 348 g/mol. The molecule has 1 amide bonds. The van der Waals surface area contributed by atoms with E-state index in [0.717, 1.165) is 24.8 Å². The van der Waals surface area contributed by atoms with Crippen LogP contribution in [0.3, 0.4) is 0 Å². The summed E-state index contributed by atoms with van der Waals surface area (Å²) in [4.78, 5) is 29.6. The van der Waals surface area contributed by atoms with Crippen LogP contribution in [0, 0.1) is 0 Å². The summed E-state index contributed by atoms with van der Waals surface area (Å²) in [6.07, 6.45) is 2.42. The van der Waals surface area contributed by atoms with Crippen LogP contribution in [0.1, 0.15) is 31.7 Å². The minimum Gasteiger partial charge on any atom is -0.486 e. The summed E-state index contributed by atoms with van der Waals surface area (Å²) in [6.45, 7) is 4.37. The molecule has 144 valence electrons. The maximum Gasteiger partial charge on any atom is 0.253 e. The first-order valence-electron chi connectivity index (χ1n) is 9.49. The standard InChI is InChI=1S/C20H24N2O5/c1-2-19(23)22(12-15-4-3-5-25-15)11-14-8-13-9-17-18(27-7-6-26-17)10-16(13)21-20(14)24/h8-10,15H,2-7,11-12H2,1H3,(H,21,24)/t15-/m0/s1. The molecular formula is C20H24N2O5. The summed E-state index contributed by atoms with van der Waals surface area (Å²) in [5.41, 5.74) is 1.06. The number of hydrogen-bond donors (Lipinski definition) is 1. The number of carbonyl (C=O) groups excluding carboxylic acids is 1. The van der Waals surface area contributed by atoms with Gasteiger partial charge in [0, 0.05) is 36.6 Å². The number of aromatic amines is 1. The zero-order chi connectivity index (χ0) is 18.8. The molecule has 1 saturated heterocycles. The van der Waals surface area contributed by atoms with Crippen LogP contribution in [-0.4, -0.2) is 48.3 Å². The third-order valence-corrected chi connectivity index (χ3v) is 5.05. The normalized spacial score (nSPS) is 18.6. The second-order valence-corrected chi connectivity index (χ2v) is 6.97. The number of nitrogens with one attached hydrogen (secondary N) is 1. The average Bonchev–Trinajstić information content (AvgIpc) is 3.19. The van der Waals surface area contributed by atoms with E-state index in [2.05, 4.69) is 4.98 Å². The van der Waals surface area contributed by atoms with Crippen LogP contribution in [-0.2, 0) is 16.1 Å². The highest BCUT2D eigenvalue weighted by Gasteiger charge is 2.23. The van der Waals surface area contributed by atoms with Gasteiger partial charge in [-0.15, -0.1) is 0 Å². The molecule has 4 rings (SSSR count). The van der Waals surface area contributed by atoms with Crippen LogP contribution in [0.15, 0.2) is 23.0 Å². The molecule has 1 atom stereocenters. The number of hydrogen-bond acceptors (Lipinski definition) is 5. The molecule has 3 heterocycles. The van der Waals surface area contributed by atoms with Gasteiger partial charge in [0.2, 0.25) is 5.91 Å². The molecule has 2 aliphatic heterocycles. The predicted molar refractivity (Wildman–Crippen MR) is 100 cm³/mol. The molecule has 2 aliphatic rings. The third kappa shape index (κ3) is 3.78. The third-order valence-electron chi connectivity index (χ3n) is 5.05. The van der Waals surface area contributed by atoms with Crippen LogP contribution in [0.2, 0.25) is 0 Å². The van der Waals surface area contributed by atoms with Gasteiger partial charge in [-0.25, -0.2) is 0 Å². The molecule has 27 heavy (non-hydrogen) atoms. The maximum atomic E-state index is 12.6. The Morgan fingerprint density at radius 3 is 2.67 bits per heavy atom. The molecule has 0 radical (unpaired) electrons. The molecule has 0 unspecified atom stereocenters. The Kier molecular flexibility index (Phi) is 5.03. The van der Waals surface area contributed by atoms with Crippen molar-refractivity contribution in [3.63, 3.8) is 0 Å². The minimum atomic E-state index is -0.194. The van der Waals surface area contributed by atoms with Crippen molar-refractivity contribution in [3.05, 3.63) is 34.1 Å². The Morgan fingerprint density at radius 2 is 1.96 bits per heavy atom. The lowest BCUT2D eigenvalue weighted by Crippen LogP contribution is -2.37. The fourth-order valence-corrected chi connectivity index (χ4v) is 3.62. The molecule has 0 aliphatic carbocycles. The van der Waals surface area contributed by atoms with Gasteiger partial charge in [0.15, 0.2) is 11.5 Å². The van der Waals surface area contributed by atoms with Crippen molar-refractivity contribution < 1.29 is 19.0 Å². The van der Waals surface area contributed by atoms with Crippen molar-refractivity contribution in [3.8, 4) is 11.5 Å². The number of benzene rings is 1. The number of pyridine rings is 1. The van der Waals surface area contributed by atoms with Crippen LogP contribution < -0.4 is 15.0 Å². The van der Waals surface area contributed by atoms with Crippen molar-refractivity contribution in [2.24, 2.45) is 0 Å². The molecule has 0 saturated carbocycles. The number of amides is 1. The number of carbonyl (C=O) groups is 1. The lowest BCUT2D eigenvalue weighted by Gasteiger charge is -2.25. The van der Waals surface area contributed by atoms with Crippen molar-refractivity contribution in [1.29, 1.82) is 0 Å². The van der Waals surface area contributed by atoms with E-state index in [0.29, 0.717) is 48.8 Å². The van der Waals surface area contributed by atoms with Gasteiger partial charge in [-0.2, -0.15) is 0 Å². The summed E-state index contributed by atoms with van der Waals surface area (Å²) in [6, 6.07) is 5.49. The lowest BCUT2D eigenvalue weighted by atomic mass is 10.1. The monoisotopic (exact) mass is 372 g/mol. The largest absolute Gasteiger partial charge is 0.486 e. The number of rotatable bonds is 5. The van der Waals surface area contributed by atoms with Crippen LogP contribution in [0.25, 0.3) is 10.9 Å². The van der Waals surface area contributed by atoms with Crippen molar-refractivity contribution in [2.45, 2.75) is 38.8 Å². The smallest absolute Gasteiger partial charge is 0.253 e. The highest BCUT2D eigenvalue weighted by Crippen LogP contribution is 2.33. The van der Waals surface area contributed by atoms with Gasteiger partial charge in [-0.05, 0) is 25.0 Å². The van der Waals surface area contributed by atoms with E-state index in [1.807, 2.05) is 19.1 Å². The Balaban J connectivity index is 1.63. The van der Waals surface area contributed by atoms with Gasteiger partial charge >= 0.3 is 0 Å². The van der Waals surface area contributed by atoms with E-state index >= 15 is 0 Å². The Labute approximate surface area is 157 Å². The average molecular weight is 372 g/mol. The van der Waals surface area contributed by atoms with E-state index in [1.54, 1.807) is 11.0 Å². The van der Waals surface area contributed by atoms with Crippen molar-refractivity contribution >= 4 is 16.8 Å². The number of H-pyrrole nitrogens is 1. The fraction of sp³-hybridized carbons (Fsp3) is 0.500. The molecule has 2 aromatic rings. The predicted octanol–water partition coefficient (Wildman–Crippen LogP) is 2.22. The number of ether oxygens (including phenoxy) is 3. The van der Waals surface area contributed by atoms with E-state index in [9.17, 15) is 9.59 Å². The summed E-state index contributed by atoms with van der Waals surface area (Å²) in [5, 5.41) is 0.856. The highest BCUT2D eigenvalue weighted by molar-refractivity contribution is 5.83. The first kappa shape index (κ1) is 17.9. The van der Waals surface area contributed by atoms with Gasteiger partial charge in [0.25, 0.3) is 5.56 Å². The molecule has 0 spiro atoms. The first-order valence-corrected chi connectivity index (χ1v) is 9.49. The summed E-state index contributed by atoms with van der Waals surface area (Å²) >= 11 is 0. The van der Waals surface area contributed by atoms with Crippen LogP contribution in [0.5, 0.6) is 11.5 Å². The summed E-state index contributed by atoms with van der Waals surface area (Å²) < 4.78 is 16.9. The van der Waals surface area contributed by atoms with Crippen molar-refractivity contribution in [2.75, 3.05) is 26.4 Å². The summed E-state index contributed by atoms with van der Waals surface area (Å²) in [5.74, 6) is 1.33. The second kappa shape index (κ2) is 7.60. The van der Waals surface area contributed by atoms with Gasteiger partial charge in [-0.1, -0.05) is 6.92 Å². The first-order chi connectivity index (χ1) is 13.1. The molecule has 7 heteroatoms. The molecule has 1 N–H and O–H groups in total. The number of aromatic nitrogens is 1. The fourth-order valence-electron chi connectivity index (χ4n) is 3.62. The number of fused-ring (bicyclic) bond motifs is 2. The topological polar surface area (TPSA) is 80.9 Å². The zero-order valence-electron chi connectivity index (χ0n) is 15.5. The molecule has 1 fully saturated rings. The molecule has 1 aromatic carbocycles. The van der Waals surface area contributed by atoms with E-state index in [1.165, 1.54) is 0 Å². The molecule has 1 aromatic heterocycles. The SMILES string of the molecule is CCC(=O)N(Cc1cc2cc3c(cc2[nH]c1=O)OCCO3)C[C@@H]1CCCO1. The number of nitrogens with zero attached hydrogens (tertiary/aromatic N) is 1. The van der Waals surface area contributed by atoms with Gasteiger partial charge in [0.1, 0.15) is 13.2 Å². The van der Waals surface area contributed by atoms with Gasteiger partial charge in [-0.3, -0.25) is 9.59 Å². The van der Waals surface area contributed by atoms with E-state index in [-0.39, 0.29) is 24.1 Å². The Hall–Kier alpha value is -2.54. The van der Waals surface area contributed by atoms with E-state index < -0.39 is 0 Å². The van der Waals surface area contributed by atoms with Crippen molar-refractivity contribution in [1.82, 2.24) is 9.88 Å². The quantitative estimate of drug-likeness (QED) is 0.870. The zero-order valence-corrected chi connectivity index (χ0v) is 15.5. The maximum absolute atomic E-state index is 12.6. The van der Waals surface area contributed by atoms with Gasteiger partial charge < -0.3 is 24.1 Å². The minimum absolute atomic E-state index is 0.0205. The highest BCUT2D eigenvalue weighted by atomic mass is 16.6. The Morgan fingerprint density at radius 1 is 1.19 bits per heavy atom. The summed E-state index contributed by atoms with van der Waals surface area (Å²) in [7, 11) is 0. The Bertz CT molecular complexity index is 901. The van der Waals surface area contributed by atoms with Crippen LogP contribution in [0.4, 0.5) is 0 Å². The van der Waals surface area contributed by atoms with E-state index in [4.69, 9.17) is 14.2 Å². The van der Waals surface area contributed by atoms with Gasteiger partial charge in [0.05, 0.1) is 18.2 Å².